The first-order valence-corrected chi connectivity index (χ1v) is 10.4. The van der Waals surface area contributed by atoms with Gasteiger partial charge >= 0.3 is 5.97 Å². The van der Waals surface area contributed by atoms with Gasteiger partial charge in [0.15, 0.2) is 11.6 Å². The van der Waals surface area contributed by atoms with E-state index in [1.165, 1.54) is 5.69 Å². The van der Waals surface area contributed by atoms with Crippen molar-refractivity contribution in [1.82, 2.24) is 25.1 Å². The summed E-state index contributed by atoms with van der Waals surface area (Å²) in [6, 6.07) is 14.8. The minimum atomic E-state index is -0.967. The molecule has 3 heterocycles. The monoisotopic (exact) mass is 429 g/mol. The number of hydrogen-bond acceptors (Lipinski definition) is 7. The molecule has 0 unspecified atom stereocenters. The van der Waals surface area contributed by atoms with Gasteiger partial charge in [0.05, 0.1) is 11.8 Å². The standard InChI is InChI=1S/C23H23N7O2/c1-29-10-12-30(13-11-29)18-8-6-17(7-9-18)25-22-20-19(14-24-28-20)26-21(27-22)15-2-4-16(5-3-15)23(31)32/h2-9,14H,10-13H2,1H3,(H,24,28)(H,31,32)(H,25,26,27). The molecule has 0 saturated carbocycles. The number of piperazine rings is 1. The van der Waals surface area contributed by atoms with E-state index in [0.29, 0.717) is 22.7 Å². The second kappa shape index (κ2) is 8.27. The molecule has 1 saturated heterocycles. The average molecular weight is 429 g/mol. The van der Waals surface area contributed by atoms with Gasteiger partial charge in [0.1, 0.15) is 11.0 Å². The maximum absolute atomic E-state index is 11.1. The fourth-order valence-corrected chi connectivity index (χ4v) is 3.78. The van der Waals surface area contributed by atoms with Crippen molar-refractivity contribution in [2.24, 2.45) is 0 Å². The Morgan fingerprint density at radius 1 is 1.00 bits per heavy atom. The lowest BCUT2D eigenvalue weighted by Gasteiger charge is -2.34. The number of fused-ring (bicyclic) bond motifs is 1. The van der Waals surface area contributed by atoms with Crippen molar-refractivity contribution in [1.29, 1.82) is 0 Å². The van der Waals surface area contributed by atoms with E-state index >= 15 is 0 Å². The minimum absolute atomic E-state index is 0.219. The van der Waals surface area contributed by atoms with Crippen molar-refractivity contribution in [2.75, 3.05) is 43.4 Å². The van der Waals surface area contributed by atoms with Crippen LogP contribution >= 0.6 is 0 Å². The highest BCUT2D eigenvalue weighted by molar-refractivity contribution is 5.90. The largest absolute Gasteiger partial charge is 0.478 e. The summed E-state index contributed by atoms with van der Waals surface area (Å²) >= 11 is 0. The van der Waals surface area contributed by atoms with E-state index in [1.807, 2.05) is 12.1 Å². The quantitative estimate of drug-likeness (QED) is 0.444. The summed E-state index contributed by atoms with van der Waals surface area (Å²) in [5.41, 5.74) is 4.44. The smallest absolute Gasteiger partial charge is 0.335 e. The third-order valence-corrected chi connectivity index (χ3v) is 5.69. The Hall–Kier alpha value is -3.98. The van der Waals surface area contributed by atoms with Gasteiger partial charge in [-0.2, -0.15) is 5.10 Å². The number of carboxylic acid groups (broad SMARTS) is 1. The summed E-state index contributed by atoms with van der Waals surface area (Å²) in [5, 5.41) is 19.5. The van der Waals surface area contributed by atoms with Crippen LogP contribution in [0, 0.1) is 0 Å². The zero-order valence-corrected chi connectivity index (χ0v) is 17.6. The normalized spacial score (nSPS) is 14.6. The molecule has 0 amide bonds. The number of carboxylic acids is 1. The van der Waals surface area contributed by atoms with Gasteiger partial charge in [-0.25, -0.2) is 14.8 Å². The Morgan fingerprint density at radius 2 is 1.72 bits per heavy atom. The lowest BCUT2D eigenvalue weighted by Crippen LogP contribution is -2.44. The van der Waals surface area contributed by atoms with Crippen LogP contribution in [0.1, 0.15) is 10.4 Å². The SMILES string of the molecule is CN1CCN(c2ccc(Nc3nc(-c4ccc(C(=O)O)cc4)nc4cn[nH]c34)cc2)CC1. The Bertz CT molecular complexity index is 1240. The van der Waals surface area contributed by atoms with Gasteiger partial charge in [0.2, 0.25) is 0 Å². The first-order valence-electron chi connectivity index (χ1n) is 10.4. The molecule has 9 heteroatoms. The molecule has 1 aliphatic heterocycles. The van der Waals surface area contributed by atoms with E-state index in [1.54, 1.807) is 30.5 Å². The molecule has 4 aromatic rings. The van der Waals surface area contributed by atoms with Crippen LogP contribution < -0.4 is 10.2 Å². The second-order valence-electron chi connectivity index (χ2n) is 7.87. The molecule has 0 radical (unpaired) electrons. The molecule has 162 valence electrons. The highest BCUT2D eigenvalue weighted by Gasteiger charge is 2.15. The predicted octanol–water partition coefficient (Wildman–Crippen LogP) is 3.21. The molecule has 0 aliphatic carbocycles. The summed E-state index contributed by atoms with van der Waals surface area (Å²) in [7, 11) is 2.15. The number of hydrogen-bond donors (Lipinski definition) is 3. The van der Waals surface area contributed by atoms with Crippen molar-refractivity contribution in [3.63, 3.8) is 0 Å². The van der Waals surface area contributed by atoms with Gasteiger partial charge < -0.3 is 20.2 Å². The van der Waals surface area contributed by atoms with E-state index in [-0.39, 0.29) is 5.56 Å². The Morgan fingerprint density at radius 3 is 2.41 bits per heavy atom. The summed E-state index contributed by atoms with van der Waals surface area (Å²) in [6.07, 6.45) is 1.65. The molecular formula is C23H23N7O2. The molecule has 3 N–H and O–H groups in total. The van der Waals surface area contributed by atoms with Crippen molar-refractivity contribution >= 4 is 34.2 Å². The van der Waals surface area contributed by atoms with Crippen LogP contribution in [-0.4, -0.2) is 69.4 Å². The first-order chi connectivity index (χ1) is 15.6. The number of likely N-dealkylation sites (N-methyl/N-ethyl adjacent to an activating group) is 1. The molecular weight excluding hydrogens is 406 g/mol. The number of nitrogens with zero attached hydrogens (tertiary/aromatic N) is 5. The maximum Gasteiger partial charge on any atom is 0.335 e. The summed E-state index contributed by atoms with van der Waals surface area (Å²) in [4.78, 5) is 25.1. The van der Waals surface area contributed by atoms with Gasteiger partial charge in [0, 0.05) is 43.1 Å². The van der Waals surface area contributed by atoms with Crippen LogP contribution in [0.5, 0.6) is 0 Å². The van der Waals surface area contributed by atoms with E-state index < -0.39 is 5.97 Å². The van der Waals surface area contributed by atoms with E-state index in [0.717, 1.165) is 37.4 Å². The number of carbonyl (C=O) groups is 1. The number of H-pyrrole nitrogens is 1. The van der Waals surface area contributed by atoms with Crippen LogP contribution in [-0.2, 0) is 0 Å². The molecule has 1 aliphatic rings. The molecule has 0 bridgehead atoms. The zero-order chi connectivity index (χ0) is 22.1. The fourth-order valence-electron chi connectivity index (χ4n) is 3.78. The Kier molecular flexibility index (Phi) is 5.16. The predicted molar refractivity (Wildman–Crippen MR) is 124 cm³/mol. The summed E-state index contributed by atoms with van der Waals surface area (Å²) in [5.74, 6) is 0.134. The number of aromatic amines is 1. The zero-order valence-electron chi connectivity index (χ0n) is 17.6. The Balaban J connectivity index is 1.41. The van der Waals surface area contributed by atoms with Crippen LogP contribution in [0.2, 0.25) is 0 Å². The number of aromatic nitrogens is 4. The van der Waals surface area contributed by atoms with E-state index in [9.17, 15) is 4.79 Å². The van der Waals surface area contributed by atoms with Crippen molar-refractivity contribution < 1.29 is 9.90 Å². The average Bonchev–Trinajstić information content (AvgIpc) is 3.29. The van der Waals surface area contributed by atoms with Crippen LogP contribution in [0.4, 0.5) is 17.2 Å². The van der Waals surface area contributed by atoms with Crippen LogP contribution in [0.15, 0.2) is 54.7 Å². The minimum Gasteiger partial charge on any atom is -0.478 e. The second-order valence-corrected chi connectivity index (χ2v) is 7.87. The lowest BCUT2D eigenvalue weighted by atomic mass is 10.1. The van der Waals surface area contributed by atoms with Gasteiger partial charge in [0.25, 0.3) is 0 Å². The summed E-state index contributed by atoms with van der Waals surface area (Å²) in [6.45, 7) is 4.17. The molecule has 9 nitrogen and oxygen atoms in total. The first kappa shape index (κ1) is 20.0. The number of nitrogens with one attached hydrogen (secondary N) is 2. The van der Waals surface area contributed by atoms with Gasteiger partial charge in [-0.05, 0) is 43.4 Å². The topological polar surface area (TPSA) is 110 Å². The van der Waals surface area contributed by atoms with Crippen molar-refractivity contribution in [3.05, 3.63) is 60.3 Å². The summed E-state index contributed by atoms with van der Waals surface area (Å²) < 4.78 is 0. The number of aromatic carboxylic acids is 1. The highest BCUT2D eigenvalue weighted by atomic mass is 16.4. The van der Waals surface area contributed by atoms with Gasteiger partial charge in [-0.15, -0.1) is 0 Å². The number of benzene rings is 2. The van der Waals surface area contributed by atoms with Crippen LogP contribution in [0.3, 0.4) is 0 Å². The number of anilines is 3. The number of rotatable bonds is 5. The third kappa shape index (κ3) is 3.97. The molecule has 32 heavy (non-hydrogen) atoms. The Labute approximate surface area is 184 Å². The molecule has 0 spiro atoms. The molecule has 2 aromatic heterocycles. The van der Waals surface area contributed by atoms with E-state index in [2.05, 4.69) is 54.5 Å². The molecule has 5 rings (SSSR count). The fraction of sp³-hybridized carbons (Fsp3) is 0.217. The highest BCUT2D eigenvalue weighted by Crippen LogP contribution is 2.27. The maximum atomic E-state index is 11.1. The lowest BCUT2D eigenvalue weighted by molar-refractivity contribution is 0.0697. The van der Waals surface area contributed by atoms with Crippen molar-refractivity contribution in [3.8, 4) is 11.4 Å². The molecule has 0 atom stereocenters. The van der Waals surface area contributed by atoms with Gasteiger partial charge in [-0.1, -0.05) is 12.1 Å². The van der Waals surface area contributed by atoms with Crippen LogP contribution in [0.25, 0.3) is 22.4 Å². The van der Waals surface area contributed by atoms with E-state index in [4.69, 9.17) is 5.11 Å². The molecule has 1 fully saturated rings. The third-order valence-electron chi connectivity index (χ3n) is 5.69. The van der Waals surface area contributed by atoms with Crippen molar-refractivity contribution in [2.45, 2.75) is 0 Å². The van der Waals surface area contributed by atoms with Gasteiger partial charge in [-0.3, -0.25) is 5.10 Å². The molecule has 2 aromatic carbocycles.